The number of fused-ring (bicyclic) bond motifs is 1. The van der Waals surface area contributed by atoms with Crippen LogP contribution in [-0.4, -0.2) is 11.2 Å². The average molecular weight is 189 g/mol. The van der Waals surface area contributed by atoms with Crippen molar-refractivity contribution >= 4 is 6.08 Å². The molecule has 1 N–H and O–H groups in total. The zero-order valence-electron chi connectivity index (χ0n) is 7.95. The maximum Gasteiger partial charge on any atom is 0.235 e. The molecule has 0 saturated carbocycles. The molecule has 0 spiro atoms. The van der Waals surface area contributed by atoms with Crippen molar-refractivity contribution < 1.29 is 9.90 Å². The summed E-state index contributed by atoms with van der Waals surface area (Å²) in [4.78, 5) is 14.1. The summed E-state index contributed by atoms with van der Waals surface area (Å²) in [5, 5.41) is 9.29. The van der Waals surface area contributed by atoms with E-state index in [2.05, 4.69) is 4.99 Å². The second kappa shape index (κ2) is 2.96. The first-order chi connectivity index (χ1) is 6.65. The number of aryl methyl sites for hydroxylation is 1. The lowest BCUT2D eigenvalue weighted by Crippen LogP contribution is -2.13. The molecular formula is C11H11NO2. The zero-order valence-corrected chi connectivity index (χ0v) is 7.95. The molecule has 0 heterocycles. The van der Waals surface area contributed by atoms with Crippen LogP contribution in [0.2, 0.25) is 0 Å². The number of isocyanates is 1. The van der Waals surface area contributed by atoms with Crippen LogP contribution in [0.3, 0.4) is 0 Å². The number of benzene rings is 1. The van der Waals surface area contributed by atoms with Gasteiger partial charge in [-0.05, 0) is 43.0 Å². The van der Waals surface area contributed by atoms with Crippen molar-refractivity contribution in [3.05, 3.63) is 29.3 Å². The largest absolute Gasteiger partial charge is 0.508 e. The summed E-state index contributed by atoms with van der Waals surface area (Å²) in [5.41, 5.74) is 1.66. The molecule has 0 saturated heterocycles. The quantitative estimate of drug-likeness (QED) is 0.541. The lowest BCUT2D eigenvalue weighted by Gasteiger charge is -2.17. The predicted molar refractivity (Wildman–Crippen MR) is 51.9 cm³/mol. The Balaban J connectivity index is 2.54. The highest BCUT2D eigenvalue weighted by Crippen LogP contribution is 2.40. The Morgan fingerprint density at radius 3 is 3.07 bits per heavy atom. The van der Waals surface area contributed by atoms with Crippen LogP contribution in [0.15, 0.2) is 23.2 Å². The molecule has 0 fully saturated rings. The molecule has 72 valence electrons. The van der Waals surface area contributed by atoms with E-state index < -0.39 is 5.54 Å². The smallest absolute Gasteiger partial charge is 0.235 e. The second-order valence-corrected chi connectivity index (χ2v) is 3.82. The molecule has 1 atom stereocenters. The van der Waals surface area contributed by atoms with Crippen molar-refractivity contribution in [2.24, 2.45) is 4.99 Å². The van der Waals surface area contributed by atoms with E-state index in [0.717, 1.165) is 24.0 Å². The van der Waals surface area contributed by atoms with Gasteiger partial charge in [-0.2, -0.15) is 4.99 Å². The van der Waals surface area contributed by atoms with Crippen LogP contribution in [0.1, 0.15) is 24.5 Å². The number of hydrogen-bond donors (Lipinski definition) is 1. The van der Waals surface area contributed by atoms with Gasteiger partial charge in [-0.1, -0.05) is 6.07 Å². The fraction of sp³-hybridized carbons (Fsp3) is 0.364. The lowest BCUT2D eigenvalue weighted by molar-refractivity contribution is 0.473. The summed E-state index contributed by atoms with van der Waals surface area (Å²) in [7, 11) is 0. The van der Waals surface area contributed by atoms with Crippen molar-refractivity contribution in [3.63, 3.8) is 0 Å². The molecule has 1 aromatic rings. The van der Waals surface area contributed by atoms with Gasteiger partial charge in [0, 0.05) is 0 Å². The molecule has 0 radical (unpaired) electrons. The molecule has 1 aromatic carbocycles. The maximum absolute atomic E-state index is 10.3. The van der Waals surface area contributed by atoms with E-state index in [1.807, 2.05) is 13.0 Å². The molecule has 0 bridgehead atoms. The van der Waals surface area contributed by atoms with Crippen LogP contribution in [0.4, 0.5) is 0 Å². The number of carbonyl (C=O) groups excluding carboxylic acids is 1. The number of nitrogens with zero attached hydrogens (tertiary/aromatic N) is 1. The van der Waals surface area contributed by atoms with Gasteiger partial charge in [-0.3, -0.25) is 0 Å². The molecule has 0 aliphatic heterocycles. The number of rotatable bonds is 1. The summed E-state index contributed by atoms with van der Waals surface area (Å²) in [6.45, 7) is 1.92. The highest BCUT2D eigenvalue weighted by Gasteiger charge is 2.34. The van der Waals surface area contributed by atoms with Crippen LogP contribution in [0.25, 0.3) is 0 Å². The normalized spacial score (nSPS) is 24.1. The molecule has 1 unspecified atom stereocenters. The number of phenolic OH excluding ortho intramolecular Hbond substituents is 1. The molecule has 1 aliphatic carbocycles. The van der Waals surface area contributed by atoms with Gasteiger partial charge < -0.3 is 5.11 Å². The number of aliphatic imine (C=N–C) groups is 1. The highest BCUT2D eigenvalue weighted by molar-refractivity contribution is 5.46. The Morgan fingerprint density at radius 1 is 1.57 bits per heavy atom. The average Bonchev–Trinajstić information content (AvgIpc) is 2.44. The van der Waals surface area contributed by atoms with E-state index in [0.29, 0.717) is 0 Å². The van der Waals surface area contributed by atoms with Gasteiger partial charge in [-0.15, -0.1) is 0 Å². The molecule has 1 aliphatic rings. The van der Waals surface area contributed by atoms with Crippen LogP contribution in [0, 0.1) is 0 Å². The summed E-state index contributed by atoms with van der Waals surface area (Å²) < 4.78 is 0. The SMILES string of the molecule is CC1(N=C=O)CCc2cc(O)ccc21. The topological polar surface area (TPSA) is 49.7 Å². The van der Waals surface area contributed by atoms with E-state index in [9.17, 15) is 9.90 Å². The van der Waals surface area contributed by atoms with Gasteiger partial charge in [0.05, 0.1) is 5.54 Å². The van der Waals surface area contributed by atoms with Crippen molar-refractivity contribution in [3.8, 4) is 5.75 Å². The van der Waals surface area contributed by atoms with Crippen molar-refractivity contribution in [2.45, 2.75) is 25.3 Å². The van der Waals surface area contributed by atoms with Crippen LogP contribution in [-0.2, 0) is 16.8 Å². The van der Waals surface area contributed by atoms with Gasteiger partial charge in [-0.25, -0.2) is 4.79 Å². The Hall–Kier alpha value is -1.60. The standard InChI is InChI=1S/C11H11NO2/c1-11(12-7-13)5-4-8-6-9(14)2-3-10(8)11/h2-3,6,14H,4-5H2,1H3. The van der Waals surface area contributed by atoms with E-state index in [1.165, 1.54) is 0 Å². The highest BCUT2D eigenvalue weighted by atomic mass is 16.3. The molecule has 0 aromatic heterocycles. The minimum Gasteiger partial charge on any atom is -0.508 e. The molecule has 14 heavy (non-hydrogen) atoms. The number of aromatic hydroxyl groups is 1. The number of hydrogen-bond acceptors (Lipinski definition) is 3. The summed E-state index contributed by atoms with van der Waals surface area (Å²) in [5.74, 6) is 0.267. The van der Waals surface area contributed by atoms with Crippen molar-refractivity contribution in [1.29, 1.82) is 0 Å². The first-order valence-electron chi connectivity index (χ1n) is 4.57. The van der Waals surface area contributed by atoms with Gasteiger partial charge in [0.15, 0.2) is 0 Å². The van der Waals surface area contributed by atoms with Gasteiger partial charge in [0.1, 0.15) is 5.75 Å². The van der Waals surface area contributed by atoms with Crippen molar-refractivity contribution in [2.75, 3.05) is 0 Å². The molecule has 3 nitrogen and oxygen atoms in total. The molecule has 3 heteroatoms. The minimum atomic E-state index is -0.440. The Morgan fingerprint density at radius 2 is 2.36 bits per heavy atom. The fourth-order valence-electron chi connectivity index (χ4n) is 2.04. The lowest BCUT2D eigenvalue weighted by atomic mass is 9.95. The predicted octanol–water partition coefficient (Wildman–Crippen LogP) is 1.89. The molecule has 0 amide bonds. The third-order valence-corrected chi connectivity index (χ3v) is 2.84. The van der Waals surface area contributed by atoms with Crippen molar-refractivity contribution in [1.82, 2.24) is 0 Å². The Kier molecular flexibility index (Phi) is 1.90. The van der Waals surface area contributed by atoms with E-state index in [1.54, 1.807) is 18.2 Å². The minimum absolute atomic E-state index is 0.267. The van der Waals surface area contributed by atoms with Crippen LogP contribution >= 0.6 is 0 Å². The van der Waals surface area contributed by atoms with Gasteiger partial charge in [0.2, 0.25) is 6.08 Å². The zero-order chi connectivity index (χ0) is 10.2. The molecule has 2 rings (SSSR count). The van der Waals surface area contributed by atoms with Gasteiger partial charge >= 0.3 is 0 Å². The summed E-state index contributed by atoms with van der Waals surface area (Å²) in [6, 6.07) is 5.20. The summed E-state index contributed by atoms with van der Waals surface area (Å²) >= 11 is 0. The monoisotopic (exact) mass is 189 g/mol. The Bertz CT molecular complexity index is 421. The fourth-order valence-corrected chi connectivity index (χ4v) is 2.04. The van der Waals surface area contributed by atoms with E-state index >= 15 is 0 Å². The second-order valence-electron chi connectivity index (χ2n) is 3.82. The Labute approximate surface area is 82.1 Å². The van der Waals surface area contributed by atoms with Gasteiger partial charge in [0.25, 0.3) is 0 Å². The van der Waals surface area contributed by atoms with E-state index in [-0.39, 0.29) is 5.75 Å². The van der Waals surface area contributed by atoms with E-state index in [4.69, 9.17) is 0 Å². The first kappa shape index (κ1) is 8.97. The maximum atomic E-state index is 10.3. The van der Waals surface area contributed by atoms with Crippen LogP contribution < -0.4 is 0 Å². The van der Waals surface area contributed by atoms with Crippen LogP contribution in [0.5, 0.6) is 5.75 Å². The molecular weight excluding hydrogens is 178 g/mol. The third-order valence-electron chi connectivity index (χ3n) is 2.84. The third kappa shape index (κ3) is 1.22. The first-order valence-corrected chi connectivity index (χ1v) is 4.57. The summed E-state index contributed by atoms with van der Waals surface area (Å²) in [6.07, 6.45) is 3.28. The number of phenols is 1.